The summed E-state index contributed by atoms with van der Waals surface area (Å²) in [5, 5.41) is 2.22. The monoisotopic (exact) mass is 388 g/mol. The Morgan fingerprint density at radius 1 is 0.857 bits per heavy atom. The quantitative estimate of drug-likeness (QED) is 0.594. The summed E-state index contributed by atoms with van der Waals surface area (Å²) in [5.41, 5.74) is 4.49. The maximum Gasteiger partial charge on any atom is 0.416 e. The molecule has 0 bridgehead atoms. The number of amides is 3. The summed E-state index contributed by atoms with van der Waals surface area (Å²) in [6.45, 7) is 0. The van der Waals surface area contributed by atoms with Gasteiger partial charge in [-0.3, -0.25) is 10.2 Å². The predicted molar refractivity (Wildman–Crippen MR) is 96.8 cm³/mol. The number of hydrogen-bond donors (Lipinski definition) is 3. The molecule has 0 fully saturated rings. The van der Waals surface area contributed by atoms with Crippen molar-refractivity contribution in [2.45, 2.75) is 6.18 Å². The Bertz CT molecular complexity index is 968. The Morgan fingerprint density at radius 2 is 1.54 bits per heavy atom. The van der Waals surface area contributed by atoms with Gasteiger partial charge < -0.3 is 9.88 Å². The third-order valence-corrected chi connectivity index (χ3v) is 3.77. The minimum Gasteiger partial charge on any atom is -0.324 e. The summed E-state index contributed by atoms with van der Waals surface area (Å²) in [6.07, 6.45) is -0.807. The van der Waals surface area contributed by atoms with Crippen molar-refractivity contribution >= 4 is 17.6 Å². The van der Waals surface area contributed by atoms with Crippen LogP contribution >= 0.6 is 0 Å². The maximum absolute atomic E-state index is 12.7. The zero-order chi connectivity index (χ0) is 20.1. The first-order valence-electron chi connectivity index (χ1n) is 8.11. The molecular formula is C19H15F3N4O2. The fourth-order valence-electron chi connectivity index (χ4n) is 2.41. The summed E-state index contributed by atoms with van der Waals surface area (Å²) in [7, 11) is 0. The van der Waals surface area contributed by atoms with Crippen LogP contribution in [0.1, 0.15) is 15.9 Å². The standard InChI is InChI=1S/C19H15F3N4O2/c20-19(21,22)14-4-3-5-15(12-14)23-18(28)25-24-17(27)13-6-8-16(9-7-13)26-10-1-2-11-26/h1-12H,(H,24,27)(H2,23,25,28). The van der Waals surface area contributed by atoms with Crippen molar-refractivity contribution in [3.8, 4) is 5.69 Å². The van der Waals surface area contributed by atoms with E-state index in [0.29, 0.717) is 5.56 Å². The second kappa shape index (κ2) is 7.87. The Balaban J connectivity index is 1.55. The average molecular weight is 388 g/mol. The van der Waals surface area contributed by atoms with Crippen LogP contribution in [0.3, 0.4) is 0 Å². The number of nitrogens with zero attached hydrogens (tertiary/aromatic N) is 1. The van der Waals surface area contributed by atoms with Crippen molar-refractivity contribution in [2.75, 3.05) is 5.32 Å². The van der Waals surface area contributed by atoms with E-state index in [0.717, 1.165) is 17.8 Å². The summed E-state index contributed by atoms with van der Waals surface area (Å²) in [5.74, 6) is -0.571. The van der Waals surface area contributed by atoms with E-state index in [2.05, 4.69) is 16.2 Å². The van der Waals surface area contributed by atoms with E-state index in [1.807, 2.05) is 29.1 Å². The third kappa shape index (κ3) is 4.70. The number of carbonyl (C=O) groups is 2. The first-order valence-corrected chi connectivity index (χ1v) is 8.11. The number of benzene rings is 2. The fraction of sp³-hybridized carbons (Fsp3) is 0.0526. The van der Waals surface area contributed by atoms with Crippen molar-refractivity contribution in [1.82, 2.24) is 15.4 Å². The molecule has 3 rings (SSSR count). The van der Waals surface area contributed by atoms with Crippen LogP contribution in [0.2, 0.25) is 0 Å². The van der Waals surface area contributed by atoms with Crippen molar-refractivity contribution in [3.63, 3.8) is 0 Å². The van der Waals surface area contributed by atoms with Crippen molar-refractivity contribution < 1.29 is 22.8 Å². The number of hydrazine groups is 1. The summed E-state index contributed by atoms with van der Waals surface area (Å²) >= 11 is 0. The molecule has 1 aromatic heterocycles. The van der Waals surface area contributed by atoms with Crippen LogP contribution in [0.25, 0.3) is 5.69 Å². The van der Waals surface area contributed by atoms with Gasteiger partial charge in [0.1, 0.15) is 0 Å². The highest BCUT2D eigenvalue weighted by molar-refractivity contribution is 5.97. The molecule has 3 amide bonds. The lowest BCUT2D eigenvalue weighted by Crippen LogP contribution is -2.43. The normalized spacial score (nSPS) is 11.0. The summed E-state index contributed by atoms with van der Waals surface area (Å²) in [6, 6.07) is 13.6. The zero-order valence-corrected chi connectivity index (χ0v) is 14.3. The summed E-state index contributed by atoms with van der Waals surface area (Å²) in [4.78, 5) is 23.9. The van der Waals surface area contributed by atoms with Crippen molar-refractivity contribution in [2.24, 2.45) is 0 Å². The fourth-order valence-corrected chi connectivity index (χ4v) is 2.41. The Labute approximate surface area is 157 Å². The number of hydrogen-bond acceptors (Lipinski definition) is 2. The van der Waals surface area contributed by atoms with Crippen LogP contribution in [0.5, 0.6) is 0 Å². The number of anilines is 1. The zero-order valence-electron chi connectivity index (χ0n) is 14.3. The molecule has 0 aliphatic rings. The van der Waals surface area contributed by atoms with Gasteiger partial charge >= 0.3 is 12.2 Å². The van der Waals surface area contributed by atoms with Gasteiger partial charge in [0.25, 0.3) is 5.91 Å². The Hall–Kier alpha value is -3.75. The van der Waals surface area contributed by atoms with Crippen molar-refractivity contribution in [1.29, 1.82) is 0 Å². The minimum absolute atomic E-state index is 0.0577. The van der Waals surface area contributed by atoms with Crippen LogP contribution in [0, 0.1) is 0 Å². The molecule has 0 spiro atoms. The van der Waals surface area contributed by atoms with E-state index in [9.17, 15) is 22.8 Å². The molecule has 2 aromatic carbocycles. The van der Waals surface area contributed by atoms with Gasteiger partial charge in [-0.2, -0.15) is 13.2 Å². The van der Waals surface area contributed by atoms with Gasteiger partial charge in [0.05, 0.1) is 5.56 Å². The SMILES string of the molecule is O=C(NNC(=O)c1ccc(-n2cccc2)cc1)Nc1cccc(C(F)(F)F)c1. The van der Waals surface area contributed by atoms with E-state index < -0.39 is 23.7 Å². The first-order chi connectivity index (χ1) is 13.3. The Morgan fingerprint density at radius 3 is 2.18 bits per heavy atom. The number of alkyl halides is 3. The number of aromatic nitrogens is 1. The van der Waals surface area contributed by atoms with Crippen LogP contribution in [0.4, 0.5) is 23.7 Å². The molecule has 0 atom stereocenters. The molecule has 9 heteroatoms. The second-order valence-electron chi connectivity index (χ2n) is 5.75. The molecule has 6 nitrogen and oxygen atoms in total. The molecule has 0 radical (unpaired) electrons. The molecule has 0 unspecified atom stereocenters. The molecule has 3 aromatic rings. The lowest BCUT2D eigenvalue weighted by molar-refractivity contribution is -0.137. The van der Waals surface area contributed by atoms with E-state index >= 15 is 0 Å². The number of halogens is 3. The molecule has 144 valence electrons. The van der Waals surface area contributed by atoms with Crippen molar-refractivity contribution in [3.05, 3.63) is 84.2 Å². The van der Waals surface area contributed by atoms with Gasteiger partial charge in [-0.15, -0.1) is 0 Å². The Kier molecular flexibility index (Phi) is 5.35. The third-order valence-electron chi connectivity index (χ3n) is 3.77. The highest BCUT2D eigenvalue weighted by Crippen LogP contribution is 2.30. The molecule has 0 saturated carbocycles. The lowest BCUT2D eigenvalue weighted by Gasteiger charge is -2.11. The van der Waals surface area contributed by atoms with Gasteiger partial charge in [0.15, 0.2) is 0 Å². The lowest BCUT2D eigenvalue weighted by atomic mass is 10.2. The van der Waals surface area contributed by atoms with E-state index in [-0.39, 0.29) is 5.69 Å². The number of urea groups is 1. The van der Waals surface area contributed by atoms with Gasteiger partial charge in [-0.05, 0) is 54.6 Å². The molecule has 0 aliphatic heterocycles. The topological polar surface area (TPSA) is 75.2 Å². The second-order valence-corrected chi connectivity index (χ2v) is 5.75. The molecular weight excluding hydrogens is 373 g/mol. The largest absolute Gasteiger partial charge is 0.416 e. The number of carbonyl (C=O) groups excluding carboxylic acids is 2. The number of rotatable bonds is 3. The average Bonchev–Trinajstić information content (AvgIpc) is 3.20. The molecule has 1 heterocycles. The van der Waals surface area contributed by atoms with E-state index in [4.69, 9.17) is 0 Å². The smallest absolute Gasteiger partial charge is 0.324 e. The first kappa shape index (κ1) is 19.0. The number of nitrogens with one attached hydrogen (secondary N) is 3. The summed E-state index contributed by atoms with van der Waals surface area (Å²) < 4.78 is 39.9. The van der Waals surface area contributed by atoms with Gasteiger partial charge in [0, 0.05) is 29.3 Å². The predicted octanol–water partition coefficient (Wildman–Crippen LogP) is 3.96. The highest BCUT2D eigenvalue weighted by atomic mass is 19.4. The van der Waals surface area contributed by atoms with Gasteiger partial charge in [-0.1, -0.05) is 6.07 Å². The maximum atomic E-state index is 12.7. The van der Waals surface area contributed by atoms with Crippen LogP contribution in [0.15, 0.2) is 73.1 Å². The van der Waals surface area contributed by atoms with Crippen LogP contribution < -0.4 is 16.2 Å². The van der Waals surface area contributed by atoms with Crippen LogP contribution in [-0.4, -0.2) is 16.5 Å². The van der Waals surface area contributed by atoms with E-state index in [1.165, 1.54) is 12.1 Å². The van der Waals surface area contributed by atoms with Crippen LogP contribution in [-0.2, 0) is 6.18 Å². The van der Waals surface area contributed by atoms with E-state index in [1.54, 1.807) is 24.3 Å². The highest BCUT2D eigenvalue weighted by Gasteiger charge is 2.30. The van der Waals surface area contributed by atoms with Gasteiger partial charge in [0.2, 0.25) is 0 Å². The molecule has 0 aliphatic carbocycles. The molecule has 0 saturated heterocycles. The molecule has 28 heavy (non-hydrogen) atoms. The molecule has 3 N–H and O–H groups in total. The van der Waals surface area contributed by atoms with Gasteiger partial charge in [-0.25, -0.2) is 10.2 Å². The minimum atomic E-state index is -4.52.